The summed E-state index contributed by atoms with van der Waals surface area (Å²) in [7, 11) is 0. The zero-order chi connectivity index (χ0) is 20.3. The molecule has 1 aliphatic heterocycles. The molecule has 7 nitrogen and oxygen atoms in total. The second-order valence-electron chi connectivity index (χ2n) is 6.87. The Morgan fingerprint density at radius 1 is 1.21 bits per heavy atom. The van der Waals surface area contributed by atoms with Gasteiger partial charge in [-0.3, -0.25) is 24.1 Å². The van der Waals surface area contributed by atoms with Gasteiger partial charge in [-0.1, -0.05) is 29.8 Å². The maximum Gasteiger partial charge on any atom is 0.308 e. The molecule has 1 aliphatic carbocycles. The minimum Gasteiger partial charge on any atom is -0.452 e. The molecule has 1 heterocycles. The van der Waals surface area contributed by atoms with Gasteiger partial charge in [-0.2, -0.15) is 0 Å². The summed E-state index contributed by atoms with van der Waals surface area (Å²) in [6.07, 6.45) is 3.74. The van der Waals surface area contributed by atoms with E-state index in [0.29, 0.717) is 23.6 Å². The van der Waals surface area contributed by atoms with Crippen LogP contribution in [0.5, 0.6) is 0 Å². The van der Waals surface area contributed by atoms with E-state index in [1.807, 2.05) is 12.2 Å². The highest BCUT2D eigenvalue weighted by atomic mass is 35.5. The fourth-order valence-electron chi connectivity index (χ4n) is 3.41. The number of halogens is 1. The van der Waals surface area contributed by atoms with Gasteiger partial charge in [-0.05, 0) is 38.0 Å². The van der Waals surface area contributed by atoms with Crippen LogP contribution in [0.25, 0.3) is 0 Å². The third-order valence-corrected chi connectivity index (χ3v) is 5.14. The van der Waals surface area contributed by atoms with Gasteiger partial charge in [0, 0.05) is 17.3 Å². The molecular weight excluding hydrogens is 384 g/mol. The first kappa shape index (κ1) is 20.1. The molecule has 0 bridgehead atoms. The van der Waals surface area contributed by atoms with Gasteiger partial charge in [-0.15, -0.1) is 0 Å². The molecule has 2 aliphatic rings. The van der Waals surface area contributed by atoms with Gasteiger partial charge < -0.3 is 10.1 Å². The van der Waals surface area contributed by atoms with Crippen LogP contribution in [0.1, 0.15) is 26.2 Å². The molecule has 28 heavy (non-hydrogen) atoms. The van der Waals surface area contributed by atoms with Crippen molar-refractivity contribution in [2.75, 3.05) is 11.9 Å². The highest BCUT2D eigenvalue weighted by molar-refractivity contribution is 6.30. The number of hydrogen-bond acceptors (Lipinski definition) is 5. The second kappa shape index (κ2) is 8.56. The molecule has 0 radical (unpaired) electrons. The number of benzene rings is 1. The number of hydrogen-bond donors (Lipinski definition) is 1. The summed E-state index contributed by atoms with van der Waals surface area (Å²) >= 11 is 5.86. The molecule has 3 atom stereocenters. The normalized spacial score (nSPS) is 22.0. The second-order valence-corrected chi connectivity index (χ2v) is 7.30. The minimum atomic E-state index is -1.02. The number of amides is 3. The Balaban J connectivity index is 1.48. The van der Waals surface area contributed by atoms with Crippen LogP contribution in [0, 0.1) is 11.8 Å². The molecular formula is C20H21ClN2O5. The quantitative estimate of drug-likeness (QED) is 0.447. The van der Waals surface area contributed by atoms with E-state index < -0.39 is 18.0 Å². The lowest BCUT2D eigenvalue weighted by molar-refractivity contribution is -0.154. The lowest BCUT2D eigenvalue weighted by Crippen LogP contribution is -2.35. The number of allylic oxidation sites excluding steroid dienone is 2. The van der Waals surface area contributed by atoms with Crippen LogP contribution in [0.2, 0.25) is 5.02 Å². The average molecular weight is 405 g/mol. The summed E-state index contributed by atoms with van der Waals surface area (Å²) in [5, 5.41) is 3.08. The number of fused-ring (bicyclic) bond motifs is 1. The van der Waals surface area contributed by atoms with E-state index >= 15 is 0 Å². The van der Waals surface area contributed by atoms with Crippen molar-refractivity contribution in [3.63, 3.8) is 0 Å². The van der Waals surface area contributed by atoms with E-state index in [1.165, 1.54) is 6.92 Å². The third-order valence-electron chi connectivity index (χ3n) is 4.91. The van der Waals surface area contributed by atoms with Gasteiger partial charge in [0.1, 0.15) is 0 Å². The van der Waals surface area contributed by atoms with Gasteiger partial charge in [0.25, 0.3) is 5.91 Å². The maximum absolute atomic E-state index is 12.4. The number of likely N-dealkylation sites (tertiary alicyclic amines) is 1. The van der Waals surface area contributed by atoms with Crippen LogP contribution in [-0.2, 0) is 23.9 Å². The van der Waals surface area contributed by atoms with Crippen LogP contribution < -0.4 is 5.32 Å². The summed E-state index contributed by atoms with van der Waals surface area (Å²) in [4.78, 5) is 50.1. The van der Waals surface area contributed by atoms with E-state index in [9.17, 15) is 19.2 Å². The molecule has 0 unspecified atom stereocenters. The maximum atomic E-state index is 12.4. The zero-order valence-corrected chi connectivity index (χ0v) is 16.1. The highest BCUT2D eigenvalue weighted by Crippen LogP contribution is 2.35. The first-order chi connectivity index (χ1) is 13.4. The number of ether oxygens (including phenoxy) is 1. The third kappa shape index (κ3) is 4.42. The van der Waals surface area contributed by atoms with Gasteiger partial charge >= 0.3 is 5.97 Å². The highest BCUT2D eigenvalue weighted by Gasteiger charge is 2.47. The number of nitrogens with zero attached hydrogens (tertiary/aromatic N) is 1. The fourth-order valence-corrected chi connectivity index (χ4v) is 3.60. The van der Waals surface area contributed by atoms with E-state index in [2.05, 4.69) is 5.32 Å². The van der Waals surface area contributed by atoms with Crippen molar-refractivity contribution in [3.8, 4) is 0 Å². The molecule has 1 fully saturated rings. The number of carbonyl (C=O) groups excluding carboxylic acids is 4. The molecule has 3 amide bonds. The SMILES string of the molecule is C[C@@H](OC(=O)CCN1C(=O)[C@H]2CC=CC[C@@H]2C1=O)C(=O)Nc1cccc(Cl)c1. The van der Waals surface area contributed by atoms with Gasteiger partial charge in [0.15, 0.2) is 6.10 Å². The number of anilines is 1. The molecule has 1 N–H and O–H groups in total. The summed E-state index contributed by atoms with van der Waals surface area (Å²) in [5.41, 5.74) is 0.491. The largest absolute Gasteiger partial charge is 0.452 e. The van der Waals surface area contributed by atoms with Crippen LogP contribution in [0.3, 0.4) is 0 Å². The molecule has 1 aromatic carbocycles. The average Bonchev–Trinajstić information content (AvgIpc) is 2.91. The molecule has 1 aromatic rings. The monoisotopic (exact) mass is 404 g/mol. The Morgan fingerprint density at radius 3 is 2.46 bits per heavy atom. The summed E-state index contributed by atoms with van der Waals surface area (Å²) in [5.74, 6) is -2.27. The first-order valence-corrected chi connectivity index (χ1v) is 9.50. The minimum absolute atomic E-state index is 0.0356. The van der Waals surface area contributed by atoms with E-state index in [1.54, 1.807) is 24.3 Å². The smallest absolute Gasteiger partial charge is 0.308 e. The van der Waals surface area contributed by atoms with Crippen LogP contribution in [-0.4, -0.2) is 41.2 Å². The molecule has 1 saturated heterocycles. The van der Waals surface area contributed by atoms with Crippen molar-refractivity contribution in [1.82, 2.24) is 4.90 Å². The van der Waals surface area contributed by atoms with E-state index in [0.717, 1.165) is 4.90 Å². The molecule has 8 heteroatoms. The lowest BCUT2D eigenvalue weighted by atomic mass is 9.85. The lowest BCUT2D eigenvalue weighted by Gasteiger charge is -2.16. The fraction of sp³-hybridized carbons (Fsp3) is 0.400. The standard InChI is InChI=1S/C20H21ClN2O5/c1-12(18(25)22-14-6-4-5-13(21)11-14)28-17(24)9-10-23-19(26)15-7-2-3-8-16(15)20(23)27/h2-6,11-12,15-16H,7-10H2,1H3,(H,22,25)/t12-,15+,16+/m1/s1. The van der Waals surface area contributed by atoms with E-state index in [4.69, 9.17) is 16.3 Å². The van der Waals surface area contributed by atoms with Crippen molar-refractivity contribution in [2.24, 2.45) is 11.8 Å². The van der Waals surface area contributed by atoms with Gasteiger partial charge in [0.2, 0.25) is 11.8 Å². The number of rotatable bonds is 6. The predicted octanol–water partition coefficient (Wildman–Crippen LogP) is 2.55. The number of imide groups is 1. The summed E-state index contributed by atoms with van der Waals surface area (Å²) < 4.78 is 5.12. The number of esters is 1. The van der Waals surface area contributed by atoms with Gasteiger partial charge in [-0.25, -0.2) is 0 Å². The molecule has 0 spiro atoms. The predicted molar refractivity (Wildman–Crippen MR) is 102 cm³/mol. The Morgan fingerprint density at radius 2 is 1.86 bits per heavy atom. The van der Waals surface area contributed by atoms with Crippen molar-refractivity contribution in [2.45, 2.75) is 32.3 Å². The summed E-state index contributed by atoms with van der Waals surface area (Å²) in [6, 6.07) is 6.60. The number of carbonyl (C=O) groups is 4. The zero-order valence-electron chi connectivity index (χ0n) is 15.4. The van der Waals surface area contributed by atoms with Crippen molar-refractivity contribution >= 4 is 41.0 Å². The van der Waals surface area contributed by atoms with Crippen LogP contribution >= 0.6 is 11.6 Å². The van der Waals surface area contributed by atoms with Crippen molar-refractivity contribution in [3.05, 3.63) is 41.4 Å². The van der Waals surface area contributed by atoms with Crippen LogP contribution in [0.4, 0.5) is 5.69 Å². The Hall–Kier alpha value is -2.67. The molecule has 148 valence electrons. The number of nitrogens with one attached hydrogen (secondary N) is 1. The van der Waals surface area contributed by atoms with Crippen molar-refractivity contribution < 1.29 is 23.9 Å². The Labute approximate surface area is 167 Å². The molecule has 3 rings (SSSR count). The molecule has 0 saturated carbocycles. The Kier molecular flexibility index (Phi) is 6.14. The van der Waals surface area contributed by atoms with E-state index in [-0.39, 0.29) is 36.6 Å². The summed E-state index contributed by atoms with van der Waals surface area (Å²) in [6.45, 7) is 1.41. The first-order valence-electron chi connectivity index (χ1n) is 9.13. The van der Waals surface area contributed by atoms with Gasteiger partial charge in [0.05, 0.1) is 18.3 Å². The van der Waals surface area contributed by atoms with Crippen LogP contribution in [0.15, 0.2) is 36.4 Å². The van der Waals surface area contributed by atoms with Crippen molar-refractivity contribution in [1.29, 1.82) is 0 Å². The topological polar surface area (TPSA) is 92.8 Å². The molecule has 0 aromatic heterocycles. The Bertz CT molecular complexity index is 812.